The van der Waals surface area contributed by atoms with E-state index in [0.717, 1.165) is 22.3 Å². The second-order valence-electron chi connectivity index (χ2n) is 4.53. The zero-order chi connectivity index (χ0) is 13.4. The maximum absolute atomic E-state index is 13.7. The third-order valence-electron chi connectivity index (χ3n) is 3.07. The Morgan fingerprint density at radius 3 is 2.79 bits per heavy atom. The van der Waals surface area contributed by atoms with Crippen LogP contribution in [-0.2, 0) is 6.42 Å². The van der Waals surface area contributed by atoms with Crippen molar-refractivity contribution in [3.05, 3.63) is 53.2 Å². The SMILES string of the molecule is Cc1ccc2[nH]cc(Cc3ccc(N)nc3F)c2n1. The van der Waals surface area contributed by atoms with Gasteiger partial charge in [0, 0.05) is 29.4 Å². The summed E-state index contributed by atoms with van der Waals surface area (Å²) in [5.41, 5.74) is 9.66. The molecule has 0 radical (unpaired) electrons. The van der Waals surface area contributed by atoms with Crippen LogP contribution in [0.25, 0.3) is 11.0 Å². The molecule has 4 nitrogen and oxygen atoms in total. The van der Waals surface area contributed by atoms with Crippen molar-refractivity contribution in [2.45, 2.75) is 13.3 Å². The molecule has 96 valence electrons. The fraction of sp³-hybridized carbons (Fsp3) is 0.143. The number of aromatic nitrogens is 3. The summed E-state index contributed by atoms with van der Waals surface area (Å²) >= 11 is 0. The van der Waals surface area contributed by atoms with Crippen molar-refractivity contribution >= 4 is 16.9 Å². The highest BCUT2D eigenvalue weighted by molar-refractivity contribution is 5.79. The summed E-state index contributed by atoms with van der Waals surface area (Å²) < 4.78 is 13.7. The fourth-order valence-corrected chi connectivity index (χ4v) is 2.10. The number of nitrogens with two attached hydrogens (primary N) is 1. The highest BCUT2D eigenvalue weighted by Gasteiger charge is 2.10. The zero-order valence-corrected chi connectivity index (χ0v) is 10.4. The number of pyridine rings is 2. The van der Waals surface area contributed by atoms with Gasteiger partial charge in [0.2, 0.25) is 5.95 Å². The summed E-state index contributed by atoms with van der Waals surface area (Å²) in [6.07, 6.45) is 2.29. The molecule has 0 saturated carbocycles. The van der Waals surface area contributed by atoms with Crippen molar-refractivity contribution in [1.29, 1.82) is 0 Å². The Hall–Kier alpha value is -2.43. The lowest BCUT2D eigenvalue weighted by Gasteiger charge is -2.02. The van der Waals surface area contributed by atoms with Crippen molar-refractivity contribution < 1.29 is 4.39 Å². The molecule has 19 heavy (non-hydrogen) atoms. The van der Waals surface area contributed by atoms with Crippen LogP contribution < -0.4 is 5.73 Å². The summed E-state index contributed by atoms with van der Waals surface area (Å²) in [6.45, 7) is 1.93. The monoisotopic (exact) mass is 256 g/mol. The second kappa shape index (κ2) is 4.35. The van der Waals surface area contributed by atoms with Gasteiger partial charge in [-0.2, -0.15) is 4.39 Å². The Labute approximate surface area is 109 Å². The molecule has 0 spiro atoms. The van der Waals surface area contributed by atoms with Crippen LogP contribution in [0.15, 0.2) is 30.5 Å². The van der Waals surface area contributed by atoms with Crippen molar-refractivity contribution in [2.75, 3.05) is 5.73 Å². The van der Waals surface area contributed by atoms with Gasteiger partial charge < -0.3 is 10.7 Å². The van der Waals surface area contributed by atoms with Gasteiger partial charge in [-0.1, -0.05) is 6.07 Å². The standard InChI is InChI=1S/C14H13FN4/c1-8-2-4-11-13(18-8)10(7-17-11)6-9-3-5-12(16)19-14(9)15/h2-5,7,17H,6H2,1H3,(H2,16,19). The summed E-state index contributed by atoms with van der Waals surface area (Å²) in [5, 5.41) is 0. The number of halogens is 1. The number of fused-ring (bicyclic) bond motifs is 1. The van der Waals surface area contributed by atoms with Crippen LogP contribution in [0.4, 0.5) is 10.2 Å². The Morgan fingerprint density at radius 1 is 1.16 bits per heavy atom. The molecule has 3 N–H and O–H groups in total. The predicted octanol–water partition coefficient (Wildman–Crippen LogP) is 2.58. The van der Waals surface area contributed by atoms with E-state index in [4.69, 9.17) is 5.73 Å². The maximum atomic E-state index is 13.7. The third-order valence-corrected chi connectivity index (χ3v) is 3.07. The molecule has 0 bridgehead atoms. The van der Waals surface area contributed by atoms with Gasteiger partial charge in [0.05, 0.1) is 11.0 Å². The Balaban J connectivity index is 2.03. The molecule has 0 aliphatic heterocycles. The number of nitrogens with zero attached hydrogens (tertiary/aromatic N) is 2. The van der Waals surface area contributed by atoms with Crippen molar-refractivity contribution in [1.82, 2.24) is 15.0 Å². The van der Waals surface area contributed by atoms with Gasteiger partial charge in [0.1, 0.15) is 5.82 Å². The molecule has 0 amide bonds. The van der Waals surface area contributed by atoms with Gasteiger partial charge in [0.15, 0.2) is 0 Å². The van der Waals surface area contributed by atoms with E-state index in [0.29, 0.717) is 12.0 Å². The van der Waals surface area contributed by atoms with E-state index in [1.54, 1.807) is 12.1 Å². The highest BCUT2D eigenvalue weighted by Crippen LogP contribution is 2.20. The summed E-state index contributed by atoms with van der Waals surface area (Å²) in [6, 6.07) is 7.17. The molecule has 3 rings (SSSR count). The minimum absolute atomic E-state index is 0.189. The van der Waals surface area contributed by atoms with E-state index in [2.05, 4.69) is 15.0 Å². The topological polar surface area (TPSA) is 67.6 Å². The number of hydrogen-bond donors (Lipinski definition) is 2. The lowest BCUT2D eigenvalue weighted by Crippen LogP contribution is -1.99. The first kappa shape index (κ1) is 11.6. The molecule has 0 saturated heterocycles. The maximum Gasteiger partial charge on any atom is 0.218 e. The number of rotatable bonds is 2. The van der Waals surface area contributed by atoms with E-state index in [1.165, 1.54) is 0 Å². The normalized spacial score (nSPS) is 11.1. The molecular formula is C14H13FN4. The van der Waals surface area contributed by atoms with E-state index in [9.17, 15) is 4.39 Å². The molecule has 0 aromatic carbocycles. The number of nitrogens with one attached hydrogen (secondary N) is 1. The minimum atomic E-state index is -0.526. The molecule has 5 heteroatoms. The number of nitrogen functional groups attached to an aromatic ring is 1. The summed E-state index contributed by atoms with van der Waals surface area (Å²) in [7, 11) is 0. The van der Waals surface area contributed by atoms with Gasteiger partial charge in [-0.15, -0.1) is 0 Å². The minimum Gasteiger partial charge on any atom is -0.384 e. The van der Waals surface area contributed by atoms with Crippen LogP contribution in [0.1, 0.15) is 16.8 Å². The van der Waals surface area contributed by atoms with Crippen LogP contribution in [0, 0.1) is 12.9 Å². The summed E-state index contributed by atoms with van der Waals surface area (Å²) in [5.74, 6) is -0.337. The molecule has 3 aromatic heterocycles. The van der Waals surface area contributed by atoms with Crippen LogP contribution >= 0.6 is 0 Å². The Kier molecular flexibility index (Phi) is 2.67. The largest absolute Gasteiger partial charge is 0.384 e. The number of hydrogen-bond acceptors (Lipinski definition) is 3. The lowest BCUT2D eigenvalue weighted by molar-refractivity contribution is 0.572. The molecule has 3 heterocycles. The van der Waals surface area contributed by atoms with E-state index < -0.39 is 5.95 Å². The van der Waals surface area contributed by atoms with Crippen LogP contribution in [-0.4, -0.2) is 15.0 Å². The first-order valence-corrected chi connectivity index (χ1v) is 5.98. The molecule has 0 unspecified atom stereocenters. The van der Waals surface area contributed by atoms with Crippen LogP contribution in [0.5, 0.6) is 0 Å². The zero-order valence-electron chi connectivity index (χ0n) is 10.4. The molecule has 0 atom stereocenters. The number of aryl methyl sites for hydroxylation is 1. The average Bonchev–Trinajstić information content (AvgIpc) is 2.75. The Morgan fingerprint density at radius 2 is 2.00 bits per heavy atom. The van der Waals surface area contributed by atoms with Gasteiger partial charge in [0.25, 0.3) is 0 Å². The van der Waals surface area contributed by atoms with Gasteiger partial charge in [-0.3, -0.25) is 4.98 Å². The van der Waals surface area contributed by atoms with E-state index >= 15 is 0 Å². The fourth-order valence-electron chi connectivity index (χ4n) is 2.10. The van der Waals surface area contributed by atoms with Crippen molar-refractivity contribution in [3.63, 3.8) is 0 Å². The van der Waals surface area contributed by atoms with Gasteiger partial charge in [-0.05, 0) is 25.1 Å². The van der Waals surface area contributed by atoms with Gasteiger partial charge in [-0.25, -0.2) is 4.98 Å². The highest BCUT2D eigenvalue weighted by atomic mass is 19.1. The molecule has 3 aromatic rings. The van der Waals surface area contributed by atoms with E-state index in [1.807, 2.05) is 25.3 Å². The molecular weight excluding hydrogens is 243 g/mol. The first-order valence-electron chi connectivity index (χ1n) is 5.98. The van der Waals surface area contributed by atoms with Crippen LogP contribution in [0.3, 0.4) is 0 Å². The second-order valence-corrected chi connectivity index (χ2v) is 4.53. The summed E-state index contributed by atoms with van der Waals surface area (Å²) in [4.78, 5) is 11.2. The van der Waals surface area contributed by atoms with Crippen molar-refractivity contribution in [2.24, 2.45) is 0 Å². The smallest absolute Gasteiger partial charge is 0.218 e. The van der Waals surface area contributed by atoms with Gasteiger partial charge >= 0.3 is 0 Å². The van der Waals surface area contributed by atoms with E-state index in [-0.39, 0.29) is 5.82 Å². The van der Waals surface area contributed by atoms with Crippen molar-refractivity contribution in [3.8, 4) is 0 Å². The predicted molar refractivity (Wildman–Crippen MR) is 72.2 cm³/mol. The molecule has 0 fully saturated rings. The number of H-pyrrole nitrogens is 1. The Bertz CT molecular complexity index is 748. The quantitative estimate of drug-likeness (QED) is 0.692. The average molecular weight is 256 g/mol. The van der Waals surface area contributed by atoms with Crippen LogP contribution in [0.2, 0.25) is 0 Å². The lowest BCUT2D eigenvalue weighted by atomic mass is 10.1. The molecule has 0 aliphatic carbocycles. The first-order chi connectivity index (χ1) is 9.13. The third kappa shape index (κ3) is 2.14. The number of aromatic amines is 1. The molecule has 0 aliphatic rings. The number of anilines is 1.